The van der Waals surface area contributed by atoms with Crippen LogP contribution in [-0.2, 0) is 6.54 Å². The second-order valence-corrected chi connectivity index (χ2v) is 5.25. The minimum atomic E-state index is 0.853. The smallest absolute Gasteiger partial charge is 0.0617 e. The fourth-order valence-corrected chi connectivity index (χ4v) is 2.56. The summed E-state index contributed by atoms with van der Waals surface area (Å²) >= 11 is 3.53. The first-order valence-electron chi connectivity index (χ1n) is 6.01. The number of pyridine rings is 1. The van der Waals surface area contributed by atoms with Gasteiger partial charge in [0.05, 0.1) is 23.6 Å². The molecule has 4 heteroatoms. The molecule has 0 spiro atoms. The molecule has 2 heterocycles. The van der Waals surface area contributed by atoms with E-state index in [1.807, 2.05) is 18.3 Å². The lowest BCUT2D eigenvalue weighted by Crippen LogP contribution is -2.33. The van der Waals surface area contributed by atoms with Crippen molar-refractivity contribution in [3.8, 4) is 0 Å². The van der Waals surface area contributed by atoms with E-state index >= 15 is 0 Å². The zero-order valence-corrected chi connectivity index (χ0v) is 11.5. The number of halogens is 1. The minimum absolute atomic E-state index is 0.853. The van der Waals surface area contributed by atoms with Gasteiger partial charge < -0.3 is 10.2 Å². The Morgan fingerprint density at radius 1 is 1.28 bits per heavy atom. The van der Waals surface area contributed by atoms with Crippen molar-refractivity contribution >= 4 is 27.3 Å². The third-order valence-corrected chi connectivity index (χ3v) is 3.57. The van der Waals surface area contributed by atoms with Crippen LogP contribution in [0.3, 0.4) is 0 Å². The summed E-state index contributed by atoms with van der Waals surface area (Å²) < 4.78 is 1.11. The van der Waals surface area contributed by atoms with Gasteiger partial charge in [-0.05, 0) is 30.3 Å². The van der Waals surface area contributed by atoms with Gasteiger partial charge in [-0.1, -0.05) is 22.0 Å². The van der Waals surface area contributed by atoms with Gasteiger partial charge in [0, 0.05) is 23.8 Å². The zero-order chi connectivity index (χ0) is 12.4. The SMILES string of the molecule is Brc1ccc2c(c1)N(Cc1ccccn1)CCN2. The second kappa shape index (κ2) is 4.98. The van der Waals surface area contributed by atoms with Crippen LogP contribution < -0.4 is 10.2 Å². The number of anilines is 2. The summed E-state index contributed by atoms with van der Waals surface area (Å²) in [6.45, 7) is 2.83. The van der Waals surface area contributed by atoms with Crippen molar-refractivity contribution < 1.29 is 0 Å². The van der Waals surface area contributed by atoms with Crippen molar-refractivity contribution in [1.82, 2.24) is 4.98 Å². The molecular weight excluding hydrogens is 290 g/mol. The quantitative estimate of drug-likeness (QED) is 0.923. The van der Waals surface area contributed by atoms with Crippen LogP contribution in [-0.4, -0.2) is 18.1 Å². The number of hydrogen-bond acceptors (Lipinski definition) is 3. The van der Waals surface area contributed by atoms with Crippen molar-refractivity contribution in [1.29, 1.82) is 0 Å². The van der Waals surface area contributed by atoms with Gasteiger partial charge in [0.25, 0.3) is 0 Å². The Labute approximate surface area is 115 Å². The molecule has 0 aliphatic carbocycles. The summed E-state index contributed by atoms with van der Waals surface area (Å²) in [6.07, 6.45) is 1.85. The van der Waals surface area contributed by atoms with Crippen LogP contribution in [0.1, 0.15) is 5.69 Å². The van der Waals surface area contributed by atoms with E-state index in [1.165, 1.54) is 11.4 Å². The number of nitrogens with one attached hydrogen (secondary N) is 1. The number of nitrogens with zero attached hydrogens (tertiary/aromatic N) is 2. The first-order chi connectivity index (χ1) is 8.83. The minimum Gasteiger partial charge on any atom is -0.382 e. The van der Waals surface area contributed by atoms with Crippen LogP contribution in [0.5, 0.6) is 0 Å². The van der Waals surface area contributed by atoms with Crippen molar-refractivity contribution in [3.63, 3.8) is 0 Å². The van der Waals surface area contributed by atoms with Crippen molar-refractivity contribution in [2.45, 2.75) is 6.54 Å². The fraction of sp³-hybridized carbons (Fsp3) is 0.214. The van der Waals surface area contributed by atoms with E-state index in [2.05, 4.69) is 55.4 Å². The van der Waals surface area contributed by atoms with Crippen molar-refractivity contribution in [2.24, 2.45) is 0 Å². The summed E-state index contributed by atoms with van der Waals surface area (Å²) in [5.41, 5.74) is 3.53. The van der Waals surface area contributed by atoms with E-state index in [1.54, 1.807) is 0 Å². The average molecular weight is 304 g/mol. The van der Waals surface area contributed by atoms with E-state index in [0.29, 0.717) is 0 Å². The van der Waals surface area contributed by atoms with E-state index in [0.717, 1.165) is 29.8 Å². The molecule has 92 valence electrons. The maximum Gasteiger partial charge on any atom is 0.0617 e. The van der Waals surface area contributed by atoms with Gasteiger partial charge >= 0.3 is 0 Å². The Bertz CT molecular complexity index is 542. The number of rotatable bonds is 2. The molecule has 0 amide bonds. The predicted octanol–water partition coefficient (Wildman–Crippen LogP) is 3.28. The lowest BCUT2D eigenvalue weighted by atomic mass is 10.2. The lowest BCUT2D eigenvalue weighted by Gasteiger charge is -2.32. The molecule has 0 radical (unpaired) electrons. The number of benzene rings is 1. The van der Waals surface area contributed by atoms with E-state index < -0.39 is 0 Å². The molecule has 3 nitrogen and oxygen atoms in total. The van der Waals surface area contributed by atoms with Crippen LogP contribution in [0.4, 0.5) is 11.4 Å². The molecule has 3 rings (SSSR count). The Kier molecular flexibility index (Phi) is 3.19. The standard InChI is InChI=1S/C14H14BrN3/c15-11-4-5-13-14(9-11)18(8-7-17-13)10-12-3-1-2-6-16-12/h1-6,9,17H,7-8,10H2. The van der Waals surface area contributed by atoms with Crippen LogP contribution in [0.25, 0.3) is 0 Å². The van der Waals surface area contributed by atoms with Gasteiger partial charge in [0.2, 0.25) is 0 Å². The summed E-state index contributed by atoms with van der Waals surface area (Å²) in [6, 6.07) is 12.4. The summed E-state index contributed by atoms with van der Waals surface area (Å²) in [7, 11) is 0. The molecular formula is C14H14BrN3. The first-order valence-corrected chi connectivity index (χ1v) is 6.80. The van der Waals surface area contributed by atoms with Crippen LogP contribution in [0.2, 0.25) is 0 Å². The highest BCUT2D eigenvalue weighted by molar-refractivity contribution is 9.10. The van der Waals surface area contributed by atoms with Crippen molar-refractivity contribution in [2.75, 3.05) is 23.3 Å². The van der Waals surface area contributed by atoms with Gasteiger partial charge in [-0.3, -0.25) is 4.98 Å². The zero-order valence-electron chi connectivity index (χ0n) is 9.94. The molecule has 18 heavy (non-hydrogen) atoms. The van der Waals surface area contributed by atoms with E-state index in [-0.39, 0.29) is 0 Å². The molecule has 0 bridgehead atoms. The second-order valence-electron chi connectivity index (χ2n) is 4.33. The highest BCUT2D eigenvalue weighted by Crippen LogP contribution is 2.32. The molecule has 0 fully saturated rings. The lowest BCUT2D eigenvalue weighted by molar-refractivity contribution is 0.771. The maximum atomic E-state index is 4.39. The Morgan fingerprint density at radius 3 is 3.06 bits per heavy atom. The van der Waals surface area contributed by atoms with Crippen LogP contribution in [0, 0.1) is 0 Å². The van der Waals surface area contributed by atoms with Gasteiger partial charge in [-0.25, -0.2) is 0 Å². The summed E-state index contributed by atoms with van der Waals surface area (Å²) in [4.78, 5) is 6.75. The largest absolute Gasteiger partial charge is 0.382 e. The first kappa shape index (κ1) is 11.5. The third-order valence-electron chi connectivity index (χ3n) is 3.08. The molecule has 0 unspecified atom stereocenters. The molecule has 0 saturated carbocycles. The third kappa shape index (κ3) is 2.34. The highest BCUT2D eigenvalue weighted by Gasteiger charge is 2.16. The van der Waals surface area contributed by atoms with Crippen molar-refractivity contribution in [3.05, 3.63) is 52.8 Å². The predicted molar refractivity (Wildman–Crippen MR) is 77.9 cm³/mol. The Morgan fingerprint density at radius 2 is 2.22 bits per heavy atom. The number of hydrogen-bond donors (Lipinski definition) is 1. The van der Waals surface area contributed by atoms with E-state index in [9.17, 15) is 0 Å². The van der Waals surface area contributed by atoms with Crippen LogP contribution in [0.15, 0.2) is 47.1 Å². The number of fused-ring (bicyclic) bond motifs is 1. The average Bonchev–Trinajstić information content (AvgIpc) is 2.41. The Hall–Kier alpha value is -1.55. The molecule has 2 aromatic rings. The van der Waals surface area contributed by atoms with Gasteiger partial charge in [-0.2, -0.15) is 0 Å². The van der Waals surface area contributed by atoms with E-state index in [4.69, 9.17) is 0 Å². The Balaban J connectivity index is 1.89. The molecule has 1 aromatic carbocycles. The molecule has 1 aromatic heterocycles. The molecule has 1 aliphatic heterocycles. The van der Waals surface area contributed by atoms with Gasteiger partial charge in [-0.15, -0.1) is 0 Å². The molecule has 0 atom stereocenters. The topological polar surface area (TPSA) is 28.2 Å². The maximum absolute atomic E-state index is 4.39. The normalized spacial score (nSPS) is 13.9. The fourth-order valence-electron chi connectivity index (χ4n) is 2.21. The molecule has 0 saturated heterocycles. The monoisotopic (exact) mass is 303 g/mol. The summed E-state index contributed by atoms with van der Waals surface area (Å²) in [5.74, 6) is 0. The summed E-state index contributed by atoms with van der Waals surface area (Å²) in [5, 5.41) is 3.42. The molecule has 1 N–H and O–H groups in total. The van der Waals surface area contributed by atoms with Gasteiger partial charge in [0.1, 0.15) is 0 Å². The van der Waals surface area contributed by atoms with Gasteiger partial charge in [0.15, 0.2) is 0 Å². The van der Waals surface area contributed by atoms with Crippen LogP contribution >= 0.6 is 15.9 Å². The number of aromatic nitrogens is 1. The molecule has 1 aliphatic rings. The highest BCUT2D eigenvalue weighted by atomic mass is 79.9.